The van der Waals surface area contributed by atoms with Gasteiger partial charge in [-0.25, -0.2) is 0 Å². The largest absolute Gasteiger partial charge is 0.314 e. The standard InChI is InChI=1S/C12H26N4/c1-2-14-7-9-16(10-8-14)12-11-15-5-3-13-4-6-15/h13H,2-12H2,1H3. The van der Waals surface area contributed by atoms with Crippen molar-refractivity contribution in [2.75, 3.05) is 72.0 Å². The Morgan fingerprint density at radius 3 is 1.81 bits per heavy atom. The van der Waals surface area contributed by atoms with Crippen molar-refractivity contribution in [1.82, 2.24) is 20.0 Å². The van der Waals surface area contributed by atoms with Gasteiger partial charge in [-0.05, 0) is 6.54 Å². The Morgan fingerprint density at radius 2 is 1.25 bits per heavy atom. The molecule has 4 heteroatoms. The van der Waals surface area contributed by atoms with Crippen LogP contribution in [0.5, 0.6) is 0 Å². The van der Waals surface area contributed by atoms with Crippen LogP contribution in [0.1, 0.15) is 6.92 Å². The molecule has 0 aromatic carbocycles. The summed E-state index contributed by atoms with van der Waals surface area (Å²) in [4.78, 5) is 7.75. The zero-order valence-corrected chi connectivity index (χ0v) is 10.6. The quantitative estimate of drug-likeness (QED) is 0.699. The molecule has 2 aliphatic rings. The van der Waals surface area contributed by atoms with Crippen LogP contribution >= 0.6 is 0 Å². The lowest BCUT2D eigenvalue weighted by molar-refractivity contribution is 0.119. The van der Waals surface area contributed by atoms with Gasteiger partial charge in [-0.3, -0.25) is 9.80 Å². The third-order valence-corrected chi connectivity index (χ3v) is 3.85. The monoisotopic (exact) mass is 226 g/mol. The Labute approximate surface area is 99.6 Å². The minimum atomic E-state index is 1.17. The van der Waals surface area contributed by atoms with Crippen LogP contribution in [0.2, 0.25) is 0 Å². The fraction of sp³-hybridized carbons (Fsp3) is 1.00. The van der Waals surface area contributed by atoms with Crippen molar-refractivity contribution in [2.24, 2.45) is 0 Å². The van der Waals surface area contributed by atoms with Gasteiger partial charge in [0.25, 0.3) is 0 Å². The van der Waals surface area contributed by atoms with Gasteiger partial charge in [0.05, 0.1) is 0 Å². The van der Waals surface area contributed by atoms with Gasteiger partial charge in [0.2, 0.25) is 0 Å². The molecule has 0 amide bonds. The molecular formula is C12H26N4. The van der Waals surface area contributed by atoms with Gasteiger partial charge in [0.1, 0.15) is 0 Å². The maximum absolute atomic E-state index is 3.40. The van der Waals surface area contributed by atoms with E-state index >= 15 is 0 Å². The summed E-state index contributed by atoms with van der Waals surface area (Å²) in [6, 6.07) is 0. The van der Waals surface area contributed by atoms with E-state index < -0.39 is 0 Å². The van der Waals surface area contributed by atoms with E-state index in [-0.39, 0.29) is 0 Å². The molecule has 0 saturated carbocycles. The summed E-state index contributed by atoms with van der Waals surface area (Å²) in [6.45, 7) is 15.8. The highest BCUT2D eigenvalue weighted by molar-refractivity contribution is 4.74. The zero-order chi connectivity index (χ0) is 11.2. The van der Waals surface area contributed by atoms with Crippen LogP contribution in [0, 0.1) is 0 Å². The molecule has 0 atom stereocenters. The average molecular weight is 226 g/mol. The summed E-state index contributed by atoms with van der Waals surface area (Å²) in [5.41, 5.74) is 0. The average Bonchev–Trinajstić information content (AvgIpc) is 2.38. The smallest absolute Gasteiger partial charge is 0.0110 e. The Hall–Kier alpha value is -0.160. The van der Waals surface area contributed by atoms with Gasteiger partial charge >= 0.3 is 0 Å². The molecule has 16 heavy (non-hydrogen) atoms. The highest BCUT2D eigenvalue weighted by Gasteiger charge is 2.16. The van der Waals surface area contributed by atoms with E-state index in [1.54, 1.807) is 0 Å². The predicted molar refractivity (Wildman–Crippen MR) is 67.9 cm³/mol. The minimum absolute atomic E-state index is 1.17. The molecule has 4 nitrogen and oxygen atoms in total. The van der Waals surface area contributed by atoms with Gasteiger partial charge in [-0.1, -0.05) is 6.92 Å². The normalized spacial score (nSPS) is 26.1. The van der Waals surface area contributed by atoms with E-state index in [4.69, 9.17) is 0 Å². The second-order valence-corrected chi connectivity index (χ2v) is 4.87. The fourth-order valence-corrected chi connectivity index (χ4v) is 2.55. The second-order valence-electron chi connectivity index (χ2n) is 4.87. The zero-order valence-electron chi connectivity index (χ0n) is 10.6. The highest BCUT2D eigenvalue weighted by Crippen LogP contribution is 2.01. The molecule has 0 aromatic heterocycles. The van der Waals surface area contributed by atoms with Crippen LogP contribution in [0.4, 0.5) is 0 Å². The van der Waals surface area contributed by atoms with E-state index in [1.165, 1.54) is 72.0 Å². The van der Waals surface area contributed by atoms with Gasteiger partial charge in [0, 0.05) is 65.4 Å². The van der Waals surface area contributed by atoms with E-state index in [0.717, 1.165) is 0 Å². The Balaban J connectivity index is 1.59. The van der Waals surface area contributed by atoms with Crippen molar-refractivity contribution >= 4 is 0 Å². The number of rotatable bonds is 4. The topological polar surface area (TPSA) is 21.8 Å². The summed E-state index contributed by atoms with van der Waals surface area (Å²) in [6.07, 6.45) is 0. The SMILES string of the molecule is CCN1CCN(CCN2CCNCC2)CC1. The molecule has 1 N–H and O–H groups in total. The molecular weight excluding hydrogens is 200 g/mol. The lowest BCUT2D eigenvalue weighted by atomic mass is 10.3. The number of hydrogen-bond acceptors (Lipinski definition) is 4. The fourth-order valence-electron chi connectivity index (χ4n) is 2.55. The molecule has 2 heterocycles. The van der Waals surface area contributed by atoms with Gasteiger partial charge in [-0.2, -0.15) is 0 Å². The van der Waals surface area contributed by atoms with Gasteiger partial charge in [-0.15, -0.1) is 0 Å². The first-order valence-corrected chi connectivity index (χ1v) is 6.76. The van der Waals surface area contributed by atoms with Crippen LogP contribution < -0.4 is 5.32 Å². The van der Waals surface area contributed by atoms with Crippen molar-refractivity contribution in [1.29, 1.82) is 0 Å². The lowest BCUT2D eigenvalue weighted by Gasteiger charge is -2.36. The number of nitrogens with one attached hydrogen (secondary N) is 1. The summed E-state index contributed by atoms with van der Waals surface area (Å²) >= 11 is 0. The summed E-state index contributed by atoms with van der Waals surface area (Å²) in [5, 5.41) is 3.40. The maximum atomic E-state index is 3.40. The molecule has 0 aliphatic carbocycles. The number of piperazine rings is 2. The van der Waals surface area contributed by atoms with E-state index in [9.17, 15) is 0 Å². The van der Waals surface area contributed by atoms with Crippen LogP contribution in [-0.2, 0) is 0 Å². The van der Waals surface area contributed by atoms with E-state index in [1.807, 2.05) is 0 Å². The molecule has 0 spiro atoms. The molecule has 0 bridgehead atoms. The van der Waals surface area contributed by atoms with Crippen LogP contribution in [0.3, 0.4) is 0 Å². The van der Waals surface area contributed by atoms with Crippen molar-refractivity contribution in [3.8, 4) is 0 Å². The molecule has 0 aromatic rings. The first-order chi connectivity index (χ1) is 7.88. The summed E-state index contributed by atoms with van der Waals surface area (Å²) < 4.78 is 0. The second kappa shape index (κ2) is 6.55. The van der Waals surface area contributed by atoms with Crippen LogP contribution in [0.25, 0.3) is 0 Å². The molecule has 2 aliphatic heterocycles. The highest BCUT2D eigenvalue weighted by atomic mass is 15.3. The van der Waals surface area contributed by atoms with E-state index in [0.29, 0.717) is 0 Å². The van der Waals surface area contributed by atoms with Crippen molar-refractivity contribution in [2.45, 2.75) is 6.92 Å². The van der Waals surface area contributed by atoms with Gasteiger partial charge in [0.15, 0.2) is 0 Å². The first-order valence-electron chi connectivity index (χ1n) is 6.76. The van der Waals surface area contributed by atoms with Crippen LogP contribution in [0.15, 0.2) is 0 Å². The molecule has 0 radical (unpaired) electrons. The third kappa shape index (κ3) is 3.70. The number of hydrogen-bond donors (Lipinski definition) is 1. The summed E-state index contributed by atoms with van der Waals surface area (Å²) in [5.74, 6) is 0. The first kappa shape index (κ1) is 12.3. The number of likely N-dealkylation sites (N-methyl/N-ethyl adjacent to an activating group) is 1. The number of nitrogens with zero attached hydrogens (tertiary/aromatic N) is 3. The molecule has 2 fully saturated rings. The van der Waals surface area contributed by atoms with Crippen molar-refractivity contribution in [3.05, 3.63) is 0 Å². The van der Waals surface area contributed by atoms with Crippen LogP contribution in [-0.4, -0.2) is 86.7 Å². The lowest BCUT2D eigenvalue weighted by Crippen LogP contribution is -2.50. The minimum Gasteiger partial charge on any atom is -0.314 e. The Bertz CT molecular complexity index is 183. The molecule has 0 unspecified atom stereocenters. The molecule has 94 valence electrons. The van der Waals surface area contributed by atoms with Gasteiger partial charge < -0.3 is 10.2 Å². The molecule has 2 saturated heterocycles. The summed E-state index contributed by atoms with van der Waals surface area (Å²) in [7, 11) is 0. The third-order valence-electron chi connectivity index (χ3n) is 3.85. The predicted octanol–water partition coefficient (Wildman–Crippen LogP) is -0.471. The Kier molecular flexibility index (Phi) is 5.03. The molecule has 2 rings (SSSR count). The maximum Gasteiger partial charge on any atom is 0.0110 e. The van der Waals surface area contributed by atoms with Crippen molar-refractivity contribution < 1.29 is 0 Å². The van der Waals surface area contributed by atoms with E-state index in [2.05, 4.69) is 26.9 Å². The van der Waals surface area contributed by atoms with Crippen molar-refractivity contribution in [3.63, 3.8) is 0 Å². The Morgan fingerprint density at radius 1 is 0.750 bits per heavy atom.